The summed E-state index contributed by atoms with van der Waals surface area (Å²) >= 11 is 0. The molecule has 4 nitrogen and oxygen atoms in total. The molecule has 0 amide bonds. The van der Waals surface area contributed by atoms with Crippen LogP contribution in [-0.2, 0) is 4.74 Å². The SMILES string of the molecule is COC(=O)c1ccc(N)c(Oc2ccc(C(C)C)cc2)c1. The quantitative estimate of drug-likeness (QED) is 0.682. The van der Waals surface area contributed by atoms with E-state index in [2.05, 4.69) is 18.6 Å². The Morgan fingerprint density at radius 1 is 1.10 bits per heavy atom. The number of methoxy groups -OCH3 is 1. The zero-order valence-corrected chi connectivity index (χ0v) is 12.4. The first-order valence-corrected chi connectivity index (χ1v) is 6.77. The van der Waals surface area contributed by atoms with Gasteiger partial charge in [0, 0.05) is 0 Å². The first-order valence-electron chi connectivity index (χ1n) is 6.77. The fourth-order valence-corrected chi connectivity index (χ4v) is 1.92. The Morgan fingerprint density at radius 2 is 1.76 bits per heavy atom. The highest BCUT2D eigenvalue weighted by atomic mass is 16.5. The van der Waals surface area contributed by atoms with Crippen LogP contribution in [0.2, 0.25) is 0 Å². The number of hydrogen-bond donors (Lipinski definition) is 1. The van der Waals surface area contributed by atoms with Crippen molar-refractivity contribution in [1.29, 1.82) is 0 Å². The molecule has 2 aromatic rings. The number of carbonyl (C=O) groups is 1. The summed E-state index contributed by atoms with van der Waals surface area (Å²) in [6.45, 7) is 4.27. The van der Waals surface area contributed by atoms with Crippen molar-refractivity contribution in [3.05, 3.63) is 53.6 Å². The lowest BCUT2D eigenvalue weighted by Crippen LogP contribution is -2.02. The van der Waals surface area contributed by atoms with Gasteiger partial charge in [0.05, 0.1) is 18.4 Å². The molecule has 0 aliphatic rings. The van der Waals surface area contributed by atoms with E-state index < -0.39 is 5.97 Å². The van der Waals surface area contributed by atoms with Crippen LogP contribution in [0.3, 0.4) is 0 Å². The van der Waals surface area contributed by atoms with Crippen LogP contribution >= 0.6 is 0 Å². The predicted octanol–water partition coefficient (Wildman–Crippen LogP) is 3.97. The average Bonchev–Trinajstić information content (AvgIpc) is 2.49. The third kappa shape index (κ3) is 3.54. The molecule has 2 N–H and O–H groups in total. The van der Waals surface area contributed by atoms with Crippen molar-refractivity contribution in [1.82, 2.24) is 0 Å². The average molecular weight is 285 g/mol. The number of rotatable bonds is 4. The second-order valence-electron chi connectivity index (χ2n) is 5.07. The molecule has 0 bridgehead atoms. The molecule has 0 atom stereocenters. The monoisotopic (exact) mass is 285 g/mol. The standard InChI is InChI=1S/C17H19NO3/c1-11(2)12-4-7-14(8-5-12)21-16-10-13(17(19)20-3)6-9-15(16)18/h4-11H,18H2,1-3H3. The molecule has 0 saturated carbocycles. The summed E-state index contributed by atoms with van der Waals surface area (Å²) < 4.78 is 10.4. The van der Waals surface area contributed by atoms with Gasteiger partial charge in [-0.3, -0.25) is 0 Å². The Hall–Kier alpha value is -2.49. The van der Waals surface area contributed by atoms with Crippen molar-refractivity contribution in [2.75, 3.05) is 12.8 Å². The lowest BCUT2D eigenvalue weighted by Gasteiger charge is -2.11. The van der Waals surface area contributed by atoms with Gasteiger partial charge in [0.15, 0.2) is 5.75 Å². The molecule has 0 aliphatic heterocycles. The zero-order valence-electron chi connectivity index (χ0n) is 12.4. The maximum absolute atomic E-state index is 11.5. The molecule has 0 spiro atoms. The Kier molecular flexibility index (Phi) is 4.48. The summed E-state index contributed by atoms with van der Waals surface area (Å²) in [5, 5.41) is 0. The van der Waals surface area contributed by atoms with Gasteiger partial charge in [0.25, 0.3) is 0 Å². The largest absolute Gasteiger partial charge is 0.465 e. The number of ether oxygens (including phenoxy) is 2. The molecule has 2 aromatic carbocycles. The van der Waals surface area contributed by atoms with Crippen LogP contribution in [0, 0.1) is 0 Å². The zero-order chi connectivity index (χ0) is 15.4. The minimum absolute atomic E-state index is 0.403. The molecule has 110 valence electrons. The highest BCUT2D eigenvalue weighted by Crippen LogP contribution is 2.29. The molecule has 0 aromatic heterocycles. The van der Waals surface area contributed by atoms with E-state index >= 15 is 0 Å². The lowest BCUT2D eigenvalue weighted by atomic mass is 10.0. The van der Waals surface area contributed by atoms with E-state index in [-0.39, 0.29) is 0 Å². The van der Waals surface area contributed by atoms with Crippen molar-refractivity contribution in [2.45, 2.75) is 19.8 Å². The Labute approximate surface area is 124 Å². The van der Waals surface area contributed by atoms with Gasteiger partial charge in [-0.2, -0.15) is 0 Å². The molecule has 0 fully saturated rings. The molecule has 0 unspecified atom stereocenters. The van der Waals surface area contributed by atoms with Gasteiger partial charge in [0.2, 0.25) is 0 Å². The second-order valence-corrected chi connectivity index (χ2v) is 5.07. The second kappa shape index (κ2) is 6.31. The maximum Gasteiger partial charge on any atom is 0.337 e. The van der Waals surface area contributed by atoms with Gasteiger partial charge >= 0.3 is 5.97 Å². The first kappa shape index (κ1) is 14.9. The van der Waals surface area contributed by atoms with E-state index in [1.807, 2.05) is 24.3 Å². The van der Waals surface area contributed by atoms with Crippen molar-refractivity contribution in [3.8, 4) is 11.5 Å². The van der Waals surface area contributed by atoms with Crippen molar-refractivity contribution in [3.63, 3.8) is 0 Å². The van der Waals surface area contributed by atoms with Crippen LogP contribution in [0.4, 0.5) is 5.69 Å². The van der Waals surface area contributed by atoms with Crippen LogP contribution in [-0.4, -0.2) is 13.1 Å². The molecule has 21 heavy (non-hydrogen) atoms. The molecule has 0 aliphatic carbocycles. The van der Waals surface area contributed by atoms with Crippen molar-refractivity contribution in [2.24, 2.45) is 0 Å². The molecular formula is C17H19NO3. The summed E-state index contributed by atoms with van der Waals surface area (Å²) in [5.41, 5.74) is 7.99. The number of anilines is 1. The van der Waals surface area contributed by atoms with E-state index in [0.29, 0.717) is 28.7 Å². The van der Waals surface area contributed by atoms with E-state index in [4.69, 9.17) is 10.5 Å². The van der Waals surface area contributed by atoms with Crippen molar-refractivity contribution < 1.29 is 14.3 Å². The molecule has 0 saturated heterocycles. The van der Waals surface area contributed by atoms with Gasteiger partial charge in [-0.05, 0) is 41.8 Å². The fraction of sp³-hybridized carbons (Fsp3) is 0.235. The molecule has 0 heterocycles. The molecular weight excluding hydrogens is 266 g/mol. The number of hydrogen-bond acceptors (Lipinski definition) is 4. The normalized spacial score (nSPS) is 10.5. The molecule has 4 heteroatoms. The van der Waals surface area contributed by atoms with Gasteiger partial charge in [-0.1, -0.05) is 26.0 Å². The number of carbonyl (C=O) groups excluding carboxylic acids is 1. The minimum Gasteiger partial charge on any atom is -0.465 e. The summed E-state index contributed by atoms with van der Waals surface area (Å²) in [6, 6.07) is 12.6. The number of esters is 1. The highest BCUT2D eigenvalue weighted by Gasteiger charge is 2.10. The van der Waals surface area contributed by atoms with Crippen LogP contribution in [0.15, 0.2) is 42.5 Å². The summed E-state index contributed by atoms with van der Waals surface area (Å²) in [7, 11) is 1.34. The Bertz CT molecular complexity index is 633. The van der Waals surface area contributed by atoms with Gasteiger partial charge in [0.1, 0.15) is 5.75 Å². The minimum atomic E-state index is -0.421. The van der Waals surface area contributed by atoms with E-state index in [0.717, 1.165) is 0 Å². The van der Waals surface area contributed by atoms with E-state index in [1.54, 1.807) is 18.2 Å². The van der Waals surface area contributed by atoms with Gasteiger partial charge < -0.3 is 15.2 Å². The van der Waals surface area contributed by atoms with Crippen molar-refractivity contribution >= 4 is 11.7 Å². The highest BCUT2D eigenvalue weighted by molar-refractivity contribution is 5.90. The molecule has 2 rings (SSSR count). The summed E-state index contributed by atoms with van der Waals surface area (Å²) in [6.07, 6.45) is 0. The van der Waals surface area contributed by atoms with Crippen LogP contribution in [0.25, 0.3) is 0 Å². The third-order valence-corrected chi connectivity index (χ3v) is 3.21. The number of benzene rings is 2. The first-order chi connectivity index (χ1) is 10.0. The summed E-state index contributed by atoms with van der Waals surface area (Å²) in [5.74, 6) is 1.16. The fourth-order valence-electron chi connectivity index (χ4n) is 1.92. The molecule has 0 radical (unpaired) electrons. The lowest BCUT2D eigenvalue weighted by molar-refractivity contribution is 0.0600. The topological polar surface area (TPSA) is 61.5 Å². The van der Waals surface area contributed by atoms with Gasteiger partial charge in [-0.15, -0.1) is 0 Å². The van der Waals surface area contributed by atoms with E-state index in [9.17, 15) is 4.79 Å². The number of nitrogen functional groups attached to an aromatic ring is 1. The third-order valence-electron chi connectivity index (χ3n) is 3.21. The Balaban J connectivity index is 2.24. The smallest absolute Gasteiger partial charge is 0.337 e. The Morgan fingerprint density at radius 3 is 2.33 bits per heavy atom. The maximum atomic E-state index is 11.5. The van der Waals surface area contributed by atoms with Crippen LogP contribution in [0.5, 0.6) is 11.5 Å². The van der Waals surface area contributed by atoms with E-state index in [1.165, 1.54) is 12.7 Å². The summed E-state index contributed by atoms with van der Waals surface area (Å²) in [4.78, 5) is 11.5. The van der Waals surface area contributed by atoms with Gasteiger partial charge in [-0.25, -0.2) is 4.79 Å². The van der Waals surface area contributed by atoms with Crippen LogP contribution < -0.4 is 10.5 Å². The predicted molar refractivity (Wildman–Crippen MR) is 82.8 cm³/mol. The number of nitrogens with two attached hydrogens (primary N) is 1. The van der Waals surface area contributed by atoms with Crippen LogP contribution in [0.1, 0.15) is 35.7 Å².